The van der Waals surface area contributed by atoms with Crippen LogP contribution < -0.4 is 10.5 Å². The summed E-state index contributed by atoms with van der Waals surface area (Å²) < 4.78 is 27.2. The van der Waals surface area contributed by atoms with E-state index in [-0.39, 0.29) is 30.1 Å². The summed E-state index contributed by atoms with van der Waals surface area (Å²) in [6.45, 7) is 2.52. The second-order valence-electron chi connectivity index (χ2n) is 5.40. The highest BCUT2D eigenvalue weighted by Crippen LogP contribution is 2.25. The van der Waals surface area contributed by atoms with Crippen LogP contribution in [0.15, 0.2) is 24.3 Å². The van der Waals surface area contributed by atoms with Gasteiger partial charge in [0, 0.05) is 6.04 Å². The van der Waals surface area contributed by atoms with Gasteiger partial charge in [-0.25, -0.2) is 13.1 Å². The molecule has 20 heavy (non-hydrogen) atoms. The predicted octanol–water partition coefficient (Wildman–Crippen LogP) is 1.96. The molecule has 0 heterocycles. The standard InChI is InChI=1S/C14H22N2O2S.ClH/c1-11-4-2-5-12(8-11)10-19(17,18)16-14-7-3-6-13(14)9-15;/h2,4-5,8,13-14,16H,3,6-7,9-10,15H2,1H3;1H. The Morgan fingerprint density at radius 1 is 1.35 bits per heavy atom. The molecule has 1 aromatic rings. The van der Waals surface area contributed by atoms with Crippen molar-refractivity contribution in [2.45, 2.75) is 38.0 Å². The van der Waals surface area contributed by atoms with Gasteiger partial charge in [0.1, 0.15) is 0 Å². The van der Waals surface area contributed by atoms with Gasteiger partial charge < -0.3 is 5.73 Å². The average Bonchev–Trinajstić information content (AvgIpc) is 2.74. The Hall–Kier alpha value is -0.620. The Morgan fingerprint density at radius 2 is 2.10 bits per heavy atom. The van der Waals surface area contributed by atoms with E-state index in [1.165, 1.54) is 0 Å². The van der Waals surface area contributed by atoms with E-state index in [4.69, 9.17) is 5.73 Å². The molecule has 1 fully saturated rings. The van der Waals surface area contributed by atoms with Crippen LogP contribution in [0.4, 0.5) is 0 Å². The molecule has 0 bridgehead atoms. The summed E-state index contributed by atoms with van der Waals surface area (Å²) in [7, 11) is -3.28. The number of sulfonamides is 1. The number of hydrogen-bond acceptors (Lipinski definition) is 3. The second kappa shape index (κ2) is 7.41. The summed E-state index contributed by atoms with van der Waals surface area (Å²) in [5.41, 5.74) is 7.59. The van der Waals surface area contributed by atoms with Gasteiger partial charge in [-0.3, -0.25) is 0 Å². The Bertz CT molecular complexity index is 534. The Balaban J connectivity index is 0.00000200. The fourth-order valence-electron chi connectivity index (χ4n) is 2.77. The third-order valence-electron chi connectivity index (χ3n) is 3.73. The normalized spacial score (nSPS) is 22.5. The van der Waals surface area contributed by atoms with Crippen molar-refractivity contribution in [1.82, 2.24) is 4.72 Å². The lowest BCUT2D eigenvalue weighted by atomic mass is 10.1. The minimum atomic E-state index is -3.28. The molecule has 0 amide bonds. The molecule has 0 radical (unpaired) electrons. The lowest BCUT2D eigenvalue weighted by Crippen LogP contribution is -2.40. The van der Waals surface area contributed by atoms with E-state index in [0.717, 1.165) is 30.4 Å². The molecule has 2 atom stereocenters. The summed E-state index contributed by atoms with van der Waals surface area (Å²) in [4.78, 5) is 0. The maximum atomic E-state index is 12.2. The first-order valence-corrected chi connectivity index (χ1v) is 8.41. The fourth-order valence-corrected chi connectivity index (χ4v) is 4.24. The van der Waals surface area contributed by atoms with Gasteiger partial charge in [-0.15, -0.1) is 12.4 Å². The molecule has 3 N–H and O–H groups in total. The van der Waals surface area contributed by atoms with Crippen molar-refractivity contribution in [1.29, 1.82) is 0 Å². The van der Waals surface area contributed by atoms with Crippen LogP contribution in [0.2, 0.25) is 0 Å². The highest BCUT2D eigenvalue weighted by molar-refractivity contribution is 7.88. The van der Waals surface area contributed by atoms with E-state index in [1.54, 1.807) is 0 Å². The van der Waals surface area contributed by atoms with E-state index in [0.29, 0.717) is 6.54 Å². The fraction of sp³-hybridized carbons (Fsp3) is 0.571. The van der Waals surface area contributed by atoms with Gasteiger partial charge in [0.05, 0.1) is 5.75 Å². The second-order valence-corrected chi connectivity index (χ2v) is 7.15. The van der Waals surface area contributed by atoms with Crippen LogP contribution in [-0.2, 0) is 15.8 Å². The first kappa shape index (κ1) is 17.4. The van der Waals surface area contributed by atoms with Gasteiger partial charge in [0.15, 0.2) is 0 Å². The lowest BCUT2D eigenvalue weighted by molar-refractivity contribution is 0.452. The quantitative estimate of drug-likeness (QED) is 0.871. The van der Waals surface area contributed by atoms with Crippen LogP contribution >= 0.6 is 12.4 Å². The molecule has 1 aliphatic carbocycles. The van der Waals surface area contributed by atoms with Crippen LogP contribution in [-0.4, -0.2) is 21.0 Å². The van der Waals surface area contributed by atoms with Crippen LogP contribution in [0, 0.1) is 12.8 Å². The van der Waals surface area contributed by atoms with Crippen molar-refractivity contribution in [3.63, 3.8) is 0 Å². The lowest BCUT2D eigenvalue weighted by Gasteiger charge is -2.19. The summed E-state index contributed by atoms with van der Waals surface area (Å²) in [6.07, 6.45) is 2.97. The Morgan fingerprint density at radius 3 is 2.75 bits per heavy atom. The summed E-state index contributed by atoms with van der Waals surface area (Å²) in [5.74, 6) is 0.329. The maximum absolute atomic E-state index is 12.2. The SMILES string of the molecule is Cc1cccc(CS(=O)(=O)NC2CCCC2CN)c1.Cl. The first-order chi connectivity index (χ1) is 9.00. The number of benzene rings is 1. The van der Waals surface area contributed by atoms with E-state index in [1.807, 2.05) is 31.2 Å². The monoisotopic (exact) mass is 318 g/mol. The Kier molecular flexibility index (Phi) is 6.45. The van der Waals surface area contributed by atoms with Gasteiger partial charge in [-0.05, 0) is 37.8 Å². The zero-order valence-corrected chi connectivity index (χ0v) is 13.3. The molecule has 114 valence electrons. The van der Waals surface area contributed by atoms with E-state index < -0.39 is 10.0 Å². The van der Waals surface area contributed by atoms with Crippen LogP contribution in [0.5, 0.6) is 0 Å². The van der Waals surface area contributed by atoms with Gasteiger partial charge in [0.25, 0.3) is 0 Å². The minimum Gasteiger partial charge on any atom is -0.330 e. The topological polar surface area (TPSA) is 72.2 Å². The van der Waals surface area contributed by atoms with Gasteiger partial charge in [-0.1, -0.05) is 36.2 Å². The zero-order valence-electron chi connectivity index (χ0n) is 11.7. The molecular formula is C14H23ClN2O2S. The largest absolute Gasteiger partial charge is 0.330 e. The molecular weight excluding hydrogens is 296 g/mol. The highest BCUT2D eigenvalue weighted by Gasteiger charge is 2.29. The van der Waals surface area contributed by atoms with Crippen molar-refractivity contribution in [3.8, 4) is 0 Å². The predicted molar refractivity (Wildman–Crippen MR) is 84.4 cm³/mol. The maximum Gasteiger partial charge on any atom is 0.216 e. The highest BCUT2D eigenvalue weighted by atomic mass is 35.5. The van der Waals surface area contributed by atoms with Crippen LogP contribution in [0.3, 0.4) is 0 Å². The zero-order chi connectivity index (χ0) is 13.9. The molecule has 0 aliphatic heterocycles. The number of aryl methyl sites for hydroxylation is 1. The first-order valence-electron chi connectivity index (χ1n) is 6.76. The smallest absolute Gasteiger partial charge is 0.216 e. The molecule has 0 spiro atoms. The molecule has 1 aromatic carbocycles. The number of nitrogens with one attached hydrogen (secondary N) is 1. The Labute approximate surface area is 127 Å². The van der Waals surface area contributed by atoms with E-state index in [9.17, 15) is 8.42 Å². The van der Waals surface area contributed by atoms with Gasteiger partial charge >= 0.3 is 0 Å². The number of nitrogens with two attached hydrogens (primary N) is 1. The van der Waals surface area contributed by atoms with E-state index in [2.05, 4.69) is 4.72 Å². The third kappa shape index (κ3) is 4.74. The van der Waals surface area contributed by atoms with Crippen molar-refractivity contribution in [3.05, 3.63) is 35.4 Å². The van der Waals surface area contributed by atoms with Crippen molar-refractivity contribution in [2.75, 3.05) is 6.54 Å². The third-order valence-corrected chi connectivity index (χ3v) is 5.11. The summed E-state index contributed by atoms with van der Waals surface area (Å²) in [5, 5.41) is 0. The van der Waals surface area contributed by atoms with Crippen LogP contribution in [0.25, 0.3) is 0 Å². The summed E-state index contributed by atoms with van der Waals surface area (Å²) >= 11 is 0. The molecule has 2 unspecified atom stereocenters. The van der Waals surface area contributed by atoms with Gasteiger partial charge in [0.2, 0.25) is 10.0 Å². The van der Waals surface area contributed by atoms with Crippen LogP contribution in [0.1, 0.15) is 30.4 Å². The summed E-state index contributed by atoms with van der Waals surface area (Å²) in [6, 6.07) is 7.62. The molecule has 4 nitrogen and oxygen atoms in total. The molecule has 6 heteroatoms. The van der Waals surface area contributed by atoms with E-state index >= 15 is 0 Å². The number of rotatable bonds is 5. The average molecular weight is 319 g/mol. The minimum absolute atomic E-state index is 0. The molecule has 0 saturated heterocycles. The van der Waals surface area contributed by atoms with Crippen molar-refractivity contribution >= 4 is 22.4 Å². The van der Waals surface area contributed by atoms with Gasteiger partial charge in [-0.2, -0.15) is 0 Å². The van der Waals surface area contributed by atoms with Crippen molar-refractivity contribution < 1.29 is 8.42 Å². The molecule has 1 saturated carbocycles. The molecule has 0 aromatic heterocycles. The molecule has 2 rings (SSSR count). The molecule has 1 aliphatic rings. The van der Waals surface area contributed by atoms with Crippen molar-refractivity contribution in [2.24, 2.45) is 11.7 Å². The number of halogens is 1. The number of hydrogen-bond donors (Lipinski definition) is 2.